The van der Waals surface area contributed by atoms with Crippen molar-refractivity contribution in [2.45, 2.75) is 53.2 Å². The summed E-state index contributed by atoms with van der Waals surface area (Å²) in [5, 5.41) is 13.8. The number of nitrogens with zero attached hydrogens (tertiary/aromatic N) is 5. The molecule has 3 aromatic heterocycles. The minimum atomic E-state index is -0.551. The molecule has 1 fully saturated rings. The molecule has 1 atom stereocenters. The van der Waals surface area contributed by atoms with Crippen molar-refractivity contribution < 1.29 is 24.2 Å². The van der Waals surface area contributed by atoms with Gasteiger partial charge in [-0.2, -0.15) is 0 Å². The molecule has 204 valence electrons. The Morgan fingerprint density at radius 2 is 1.92 bits per heavy atom. The fourth-order valence-electron chi connectivity index (χ4n) is 3.82. The van der Waals surface area contributed by atoms with E-state index in [9.17, 15) is 9.59 Å². The van der Waals surface area contributed by atoms with E-state index in [0.29, 0.717) is 31.0 Å². The molecule has 13 heteroatoms. The molecule has 0 saturated carbocycles. The maximum absolute atomic E-state index is 13.0. The Morgan fingerprint density at radius 1 is 1.21 bits per heavy atom. The van der Waals surface area contributed by atoms with E-state index < -0.39 is 5.60 Å². The second-order valence-electron chi connectivity index (χ2n) is 9.62. The third-order valence-electron chi connectivity index (χ3n) is 5.43. The van der Waals surface area contributed by atoms with Gasteiger partial charge in [-0.3, -0.25) is 9.59 Å². The zero-order valence-corrected chi connectivity index (χ0v) is 23.9. The standard InChI is InChI=1S/C24H30N6O3S2.CH2O2/c1-14-12-29(9-10-30(14)23(32)33-24(4,5)6)21(31)17-7-8-19(25-11-17)28-22-27-18(13-34-22)20-15(2)26-16(3)35-20;2-1-3/h7-8,11,13-14H,9-10,12H2,1-6H3,(H,25,27,28);1H,(H,2,3). The number of hydrogen-bond acceptors (Lipinski definition) is 10. The van der Waals surface area contributed by atoms with E-state index in [1.807, 2.05) is 46.9 Å². The number of carboxylic acid groups (broad SMARTS) is 1. The van der Waals surface area contributed by atoms with Crippen LogP contribution in [0.1, 0.15) is 48.8 Å². The summed E-state index contributed by atoms with van der Waals surface area (Å²) < 4.78 is 5.48. The van der Waals surface area contributed by atoms with Gasteiger partial charge in [0, 0.05) is 37.3 Å². The van der Waals surface area contributed by atoms with E-state index in [1.165, 1.54) is 11.3 Å². The molecule has 0 bridgehead atoms. The maximum Gasteiger partial charge on any atom is 0.410 e. The second kappa shape index (κ2) is 12.3. The quantitative estimate of drug-likeness (QED) is 0.431. The number of hydrogen-bond donors (Lipinski definition) is 2. The predicted octanol–water partition coefficient (Wildman–Crippen LogP) is 4.80. The molecule has 0 radical (unpaired) electrons. The van der Waals surface area contributed by atoms with E-state index in [4.69, 9.17) is 14.6 Å². The van der Waals surface area contributed by atoms with E-state index >= 15 is 0 Å². The Bertz CT molecular complexity index is 1270. The first-order chi connectivity index (χ1) is 17.9. The Labute approximate surface area is 229 Å². The number of thiazole rings is 2. The van der Waals surface area contributed by atoms with Gasteiger partial charge < -0.3 is 25.0 Å². The first-order valence-corrected chi connectivity index (χ1v) is 13.6. The Morgan fingerprint density at radius 3 is 2.47 bits per heavy atom. The highest BCUT2D eigenvalue weighted by Gasteiger charge is 2.32. The summed E-state index contributed by atoms with van der Waals surface area (Å²) in [4.78, 5) is 51.9. The summed E-state index contributed by atoms with van der Waals surface area (Å²) in [6.07, 6.45) is 1.22. The molecule has 1 unspecified atom stereocenters. The number of aryl methyl sites for hydroxylation is 2. The van der Waals surface area contributed by atoms with Crippen LogP contribution in [0.3, 0.4) is 0 Å². The van der Waals surface area contributed by atoms with E-state index in [2.05, 4.69) is 20.3 Å². The molecule has 4 heterocycles. The van der Waals surface area contributed by atoms with Crippen molar-refractivity contribution in [3.63, 3.8) is 0 Å². The largest absolute Gasteiger partial charge is 0.483 e. The third kappa shape index (κ3) is 7.48. The lowest BCUT2D eigenvalue weighted by molar-refractivity contribution is -0.122. The zero-order valence-electron chi connectivity index (χ0n) is 22.2. The summed E-state index contributed by atoms with van der Waals surface area (Å²) in [5.74, 6) is 0.509. The van der Waals surface area contributed by atoms with Gasteiger partial charge in [-0.1, -0.05) is 0 Å². The molecule has 1 aliphatic rings. The van der Waals surface area contributed by atoms with Gasteiger partial charge in [-0.25, -0.2) is 19.7 Å². The average Bonchev–Trinajstić information content (AvgIpc) is 3.43. The van der Waals surface area contributed by atoms with Crippen LogP contribution in [-0.4, -0.2) is 79.6 Å². The molecule has 2 N–H and O–H groups in total. The lowest BCUT2D eigenvalue weighted by Crippen LogP contribution is -2.56. The molecule has 2 amide bonds. The summed E-state index contributed by atoms with van der Waals surface area (Å²) >= 11 is 3.12. The number of anilines is 2. The van der Waals surface area contributed by atoms with E-state index in [0.717, 1.165) is 26.4 Å². The fraction of sp³-hybridized carbons (Fsp3) is 0.440. The minimum absolute atomic E-state index is 0.104. The number of amides is 2. The minimum Gasteiger partial charge on any atom is -0.483 e. The lowest BCUT2D eigenvalue weighted by Gasteiger charge is -2.40. The predicted molar refractivity (Wildman–Crippen MR) is 147 cm³/mol. The molecule has 4 rings (SSSR count). The molecular weight excluding hydrogens is 528 g/mol. The summed E-state index contributed by atoms with van der Waals surface area (Å²) in [5.41, 5.74) is 1.83. The number of piperazine rings is 1. The van der Waals surface area contributed by atoms with Crippen molar-refractivity contribution in [3.05, 3.63) is 40.0 Å². The zero-order chi connectivity index (χ0) is 28.0. The van der Waals surface area contributed by atoms with Crippen LogP contribution >= 0.6 is 22.7 Å². The first kappa shape index (κ1) is 29.0. The number of carbonyl (C=O) groups is 3. The molecule has 0 aromatic carbocycles. The van der Waals surface area contributed by atoms with Gasteiger partial charge >= 0.3 is 6.09 Å². The molecule has 1 aliphatic heterocycles. The highest BCUT2D eigenvalue weighted by Crippen LogP contribution is 2.32. The molecule has 1 saturated heterocycles. The van der Waals surface area contributed by atoms with E-state index in [-0.39, 0.29) is 24.5 Å². The van der Waals surface area contributed by atoms with Gasteiger partial charge in [-0.05, 0) is 53.7 Å². The Balaban J connectivity index is 0.00000127. The molecule has 38 heavy (non-hydrogen) atoms. The molecule has 0 aliphatic carbocycles. The van der Waals surface area contributed by atoms with Crippen molar-refractivity contribution >= 4 is 52.1 Å². The van der Waals surface area contributed by atoms with Crippen molar-refractivity contribution in [2.24, 2.45) is 0 Å². The van der Waals surface area contributed by atoms with Crippen LogP contribution in [0.4, 0.5) is 15.7 Å². The molecular formula is C25H32N6O5S2. The lowest BCUT2D eigenvalue weighted by atomic mass is 10.1. The van der Waals surface area contributed by atoms with Gasteiger partial charge in [0.15, 0.2) is 5.13 Å². The van der Waals surface area contributed by atoms with Crippen LogP contribution in [0.15, 0.2) is 23.7 Å². The topological polar surface area (TPSA) is 138 Å². The molecule has 0 spiro atoms. The normalized spacial score (nSPS) is 15.4. The third-order valence-corrected chi connectivity index (χ3v) is 7.28. The van der Waals surface area contributed by atoms with Gasteiger partial charge in [0.2, 0.25) is 0 Å². The van der Waals surface area contributed by atoms with Gasteiger partial charge in [0.25, 0.3) is 12.4 Å². The highest BCUT2D eigenvalue weighted by atomic mass is 32.1. The van der Waals surface area contributed by atoms with Crippen LogP contribution in [0.2, 0.25) is 0 Å². The first-order valence-electron chi connectivity index (χ1n) is 11.9. The van der Waals surface area contributed by atoms with E-state index in [1.54, 1.807) is 39.5 Å². The molecule has 11 nitrogen and oxygen atoms in total. The average molecular weight is 561 g/mol. The van der Waals surface area contributed by atoms with Crippen molar-refractivity contribution in [2.75, 3.05) is 25.0 Å². The van der Waals surface area contributed by atoms with Crippen LogP contribution < -0.4 is 5.32 Å². The van der Waals surface area contributed by atoms with Crippen molar-refractivity contribution in [3.8, 4) is 10.6 Å². The van der Waals surface area contributed by atoms with Crippen LogP contribution in [-0.2, 0) is 9.53 Å². The maximum atomic E-state index is 13.0. The summed E-state index contributed by atoms with van der Waals surface area (Å²) in [6, 6.07) is 3.39. The number of aromatic nitrogens is 3. The Hall–Kier alpha value is -3.58. The van der Waals surface area contributed by atoms with Gasteiger partial charge in [0.05, 0.1) is 26.8 Å². The number of ether oxygens (including phenoxy) is 1. The van der Waals surface area contributed by atoms with Gasteiger partial charge in [0.1, 0.15) is 11.4 Å². The Kier molecular flexibility index (Phi) is 9.39. The smallest absolute Gasteiger partial charge is 0.410 e. The summed E-state index contributed by atoms with van der Waals surface area (Å²) in [6.45, 7) is 12.5. The summed E-state index contributed by atoms with van der Waals surface area (Å²) in [7, 11) is 0. The number of rotatable bonds is 4. The van der Waals surface area contributed by atoms with Crippen LogP contribution in [0, 0.1) is 13.8 Å². The van der Waals surface area contributed by atoms with Gasteiger partial charge in [-0.15, -0.1) is 22.7 Å². The SMILES string of the molecule is Cc1nc(C)c(-c2csc(Nc3ccc(C(=O)N4CCN(C(=O)OC(C)(C)C)C(C)C4)cn3)n2)s1.O=CO. The van der Waals surface area contributed by atoms with Crippen molar-refractivity contribution in [1.82, 2.24) is 24.8 Å². The highest BCUT2D eigenvalue weighted by molar-refractivity contribution is 7.16. The molecule has 3 aromatic rings. The monoisotopic (exact) mass is 560 g/mol. The number of nitrogens with one attached hydrogen (secondary N) is 1. The fourth-order valence-corrected chi connectivity index (χ4v) is 5.49. The second-order valence-corrected chi connectivity index (χ2v) is 11.7. The number of pyridine rings is 1. The number of carbonyl (C=O) groups excluding carboxylic acids is 2. The van der Waals surface area contributed by atoms with Crippen molar-refractivity contribution in [1.29, 1.82) is 0 Å². The van der Waals surface area contributed by atoms with Crippen LogP contribution in [0.25, 0.3) is 10.6 Å². The van der Waals surface area contributed by atoms with Crippen LogP contribution in [0.5, 0.6) is 0 Å².